The van der Waals surface area contributed by atoms with Crippen LogP contribution in [0.4, 0.5) is 0 Å². The average Bonchev–Trinajstić information content (AvgIpc) is 2.87. The van der Waals surface area contributed by atoms with Crippen LogP contribution in [0.25, 0.3) is 0 Å². The van der Waals surface area contributed by atoms with Gasteiger partial charge in [-0.05, 0) is 59.4 Å². The molecule has 0 radical (unpaired) electrons. The van der Waals surface area contributed by atoms with Crippen LogP contribution in [0.3, 0.4) is 0 Å². The molecule has 34 heavy (non-hydrogen) atoms. The van der Waals surface area contributed by atoms with Gasteiger partial charge >= 0.3 is 0 Å². The van der Waals surface area contributed by atoms with Gasteiger partial charge in [-0.1, -0.05) is 0 Å². The summed E-state index contributed by atoms with van der Waals surface area (Å²) in [5.74, 6) is 2.82. The van der Waals surface area contributed by atoms with Crippen LogP contribution >= 0.6 is 0 Å². The van der Waals surface area contributed by atoms with Gasteiger partial charge in [0.15, 0.2) is 23.0 Å². The van der Waals surface area contributed by atoms with E-state index in [1.165, 1.54) is 11.1 Å². The highest BCUT2D eigenvalue weighted by atomic mass is 16.5. The number of hydrogen-bond acceptors (Lipinski definition) is 8. The third kappa shape index (κ3) is 4.43. The van der Waals surface area contributed by atoms with E-state index in [1.807, 2.05) is 0 Å². The lowest BCUT2D eigenvalue weighted by molar-refractivity contribution is 0.0414. The molecule has 2 aromatic carbocycles. The Balaban J connectivity index is 1.91. The number of aliphatic hydroxyl groups is 2. The van der Waals surface area contributed by atoms with Crippen LogP contribution in [0.15, 0.2) is 24.3 Å². The fraction of sp³-hybridized carbons (Fsp3) is 0.538. The van der Waals surface area contributed by atoms with Crippen LogP contribution < -0.4 is 18.9 Å². The lowest BCUT2D eigenvalue weighted by atomic mass is 9.80. The predicted octanol–water partition coefficient (Wildman–Crippen LogP) is 2.20. The normalized spacial score (nSPS) is 20.4. The molecule has 8 heteroatoms. The molecule has 0 fully saturated rings. The van der Waals surface area contributed by atoms with E-state index in [2.05, 4.69) is 34.1 Å². The van der Waals surface area contributed by atoms with Crippen molar-refractivity contribution in [1.29, 1.82) is 0 Å². The number of hydrogen-bond donors (Lipinski definition) is 2. The van der Waals surface area contributed by atoms with Crippen molar-refractivity contribution in [1.82, 2.24) is 9.80 Å². The first-order valence-corrected chi connectivity index (χ1v) is 11.8. The zero-order valence-corrected chi connectivity index (χ0v) is 20.5. The van der Waals surface area contributed by atoms with E-state index in [0.29, 0.717) is 24.6 Å². The summed E-state index contributed by atoms with van der Waals surface area (Å²) >= 11 is 0. The Morgan fingerprint density at radius 2 is 1.00 bits per heavy atom. The fourth-order valence-corrected chi connectivity index (χ4v) is 5.56. The number of aliphatic hydroxyl groups excluding tert-OH is 2. The molecular formula is C26H36N2O6. The van der Waals surface area contributed by atoms with Crippen molar-refractivity contribution in [3.05, 3.63) is 46.5 Å². The summed E-state index contributed by atoms with van der Waals surface area (Å²) in [5, 5.41) is 19.8. The highest BCUT2D eigenvalue weighted by molar-refractivity contribution is 5.53. The summed E-state index contributed by atoms with van der Waals surface area (Å²) in [6, 6.07) is 8.22. The van der Waals surface area contributed by atoms with E-state index >= 15 is 0 Å². The van der Waals surface area contributed by atoms with Crippen LogP contribution in [0.5, 0.6) is 23.0 Å². The summed E-state index contributed by atoms with van der Waals surface area (Å²) in [6.45, 7) is 2.91. The van der Waals surface area contributed by atoms with E-state index in [1.54, 1.807) is 28.4 Å². The topological polar surface area (TPSA) is 83.9 Å². The number of benzene rings is 2. The summed E-state index contributed by atoms with van der Waals surface area (Å²) in [7, 11) is 6.61. The molecule has 0 bridgehead atoms. The molecule has 0 amide bonds. The Morgan fingerprint density at radius 1 is 0.647 bits per heavy atom. The molecule has 0 saturated carbocycles. The van der Waals surface area contributed by atoms with Gasteiger partial charge < -0.3 is 29.2 Å². The molecule has 2 N–H and O–H groups in total. The molecule has 0 spiro atoms. The molecule has 2 aliphatic heterocycles. The smallest absolute Gasteiger partial charge is 0.161 e. The van der Waals surface area contributed by atoms with Gasteiger partial charge in [-0.25, -0.2) is 0 Å². The summed E-state index contributed by atoms with van der Waals surface area (Å²) in [5.41, 5.74) is 4.75. The van der Waals surface area contributed by atoms with E-state index in [4.69, 9.17) is 18.9 Å². The van der Waals surface area contributed by atoms with Crippen molar-refractivity contribution in [2.75, 3.05) is 67.8 Å². The highest BCUT2D eigenvalue weighted by Crippen LogP contribution is 2.49. The quantitative estimate of drug-likeness (QED) is 0.575. The standard InChI is InChI=1S/C26H36N2O6/c1-31-21-13-17-5-7-27(9-11-29)25(19(17)15-23(21)33-3)26-20-16-24(34-4)22(32-2)14-18(20)6-8-28(26)10-12-30/h13-16,25-26,29-30H,5-12H2,1-4H3/t25-,26-/m0/s1. The number of methoxy groups -OCH3 is 4. The monoisotopic (exact) mass is 472 g/mol. The fourth-order valence-electron chi connectivity index (χ4n) is 5.56. The van der Waals surface area contributed by atoms with Crippen molar-refractivity contribution in [3.8, 4) is 23.0 Å². The minimum absolute atomic E-state index is 0.0422. The minimum atomic E-state index is -0.0422. The van der Waals surface area contributed by atoms with Crippen molar-refractivity contribution >= 4 is 0 Å². The van der Waals surface area contributed by atoms with E-state index in [-0.39, 0.29) is 25.3 Å². The molecule has 2 aromatic rings. The first kappa shape index (κ1) is 24.6. The van der Waals surface area contributed by atoms with Crippen molar-refractivity contribution in [3.63, 3.8) is 0 Å². The van der Waals surface area contributed by atoms with Gasteiger partial charge in [0.2, 0.25) is 0 Å². The molecule has 0 aromatic heterocycles. The Hall–Kier alpha value is -2.52. The van der Waals surface area contributed by atoms with Crippen molar-refractivity contribution < 1.29 is 29.2 Å². The average molecular weight is 473 g/mol. The summed E-state index contributed by atoms with van der Waals surface area (Å²) in [4.78, 5) is 4.68. The van der Waals surface area contributed by atoms with E-state index < -0.39 is 0 Å². The zero-order chi connectivity index (χ0) is 24.2. The summed E-state index contributed by atoms with van der Waals surface area (Å²) < 4.78 is 22.5. The maximum atomic E-state index is 9.90. The number of fused-ring (bicyclic) bond motifs is 2. The number of rotatable bonds is 9. The maximum Gasteiger partial charge on any atom is 0.161 e. The second kappa shape index (κ2) is 10.8. The van der Waals surface area contributed by atoms with Crippen LogP contribution in [-0.2, 0) is 12.8 Å². The van der Waals surface area contributed by atoms with Crippen molar-refractivity contribution in [2.24, 2.45) is 0 Å². The van der Waals surface area contributed by atoms with Gasteiger partial charge in [0, 0.05) is 26.2 Å². The van der Waals surface area contributed by atoms with E-state index in [0.717, 1.165) is 48.6 Å². The third-order valence-corrected chi connectivity index (χ3v) is 7.13. The van der Waals surface area contributed by atoms with Crippen LogP contribution in [-0.4, -0.2) is 87.8 Å². The highest BCUT2D eigenvalue weighted by Gasteiger charge is 2.41. The predicted molar refractivity (Wildman–Crippen MR) is 129 cm³/mol. The first-order valence-electron chi connectivity index (χ1n) is 11.8. The second-order valence-electron chi connectivity index (χ2n) is 8.72. The second-order valence-corrected chi connectivity index (χ2v) is 8.72. The molecule has 0 unspecified atom stereocenters. The van der Waals surface area contributed by atoms with Gasteiger partial charge in [0.1, 0.15) is 0 Å². The van der Waals surface area contributed by atoms with Crippen LogP contribution in [0.1, 0.15) is 34.3 Å². The molecule has 2 atom stereocenters. The molecular weight excluding hydrogens is 436 g/mol. The molecule has 4 rings (SSSR count). The molecule has 0 saturated heterocycles. The Labute approximate surface area is 201 Å². The first-order chi connectivity index (χ1) is 16.6. The molecule has 2 aliphatic rings. The minimum Gasteiger partial charge on any atom is -0.493 e. The zero-order valence-electron chi connectivity index (χ0n) is 20.5. The number of ether oxygens (including phenoxy) is 4. The molecule has 186 valence electrons. The van der Waals surface area contributed by atoms with Gasteiger partial charge in [0.25, 0.3) is 0 Å². The summed E-state index contributed by atoms with van der Waals surface area (Å²) in [6.07, 6.45) is 1.72. The van der Waals surface area contributed by atoms with Gasteiger partial charge in [0.05, 0.1) is 53.7 Å². The van der Waals surface area contributed by atoms with Gasteiger partial charge in [-0.2, -0.15) is 0 Å². The van der Waals surface area contributed by atoms with Crippen molar-refractivity contribution in [2.45, 2.75) is 24.9 Å². The Morgan fingerprint density at radius 3 is 1.32 bits per heavy atom. The Bertz CT molecular complexity index is 918. The third-order valence-electron chi connectivity index (χ3n) is 7.13. The maximum absolute atomic E-state index is 9.90. The molecule has 8 nitrogen and oxygen atoms in total. The van der Waals surface area contributed by atoms with Crippen LogP contribution in [0, 0.1) is 0 Å². The molecule has 2 heterocycles. The largest absolute Gasteiger partial charge is 0.493 e. The number of nitrogens with zero attached hydrogens (tertiary/aromatic N) is 2. The van der Waals surface area contributed by atoms with Gasteiger partial charge in [-0.15, -0.1) is 0 Å². The van der Waals surface area contributed by atoms with Gasteiger partial charge in [-0.3, -0.25) is 9.80 Å². The van der Waals surface area contributed by atoms with E-state index in [9.17, 15) is 10.2 Å². The van der Waals surface area contributed by atoms with Crippen LogP contribution in [0.2, 0.25) is 0 Å². The lowest BCUT2D eigenvalue weighted by Crippen LogP contribution is -2.48. The lowest BCUT2D eigenvalue weighted by Gasteiger charge is -2.48. The Kier molecular flexibility index (Phi) is 7.83. The molecule has 0 aliphatic carbocycles. The SMILES string of the molecule is COc1cc2c(cc1OC)[C@@H]([C@@H]1c3cc(OC)c(OC)cc3CCN1CCO)N(CCO)CC2. The number of β-amino-alcohol motifs (C(OH)–C–C–N with tert-alkyl or cyclic N) is 2.